The van der Waals surface area contributed by atoms with E-state index >= 15 is 0 Å². The average Bonchev–Trinajstić information content (AvgIpc) is 2.47. The van der Waals surface area contributed by atoms with Gasteiger partial charge in [0, 0.05) is 12.1 Å². The first kappa shape index (κ1) is 16.3. The van der Waals surface area contributed by atoms with Crippen LogP contribution in [0.5, 0.6) is 0 Å². The number of carbonyl (C=O) groups excluding carboxylic acids is 2. The molecule has 8 heteroatoms. The molecule has 112 valence electrons. The fourth-order valence-corrected chi connectivity index (χ4v) is 1.37. The molecule has 0 fully saturated rings. The molecule has 1 aromatic carbocycles. The quantitative estimate of drug-likeness (QED) is 0.364. The summed E-state index contributed by atoms with van der Waals surface area (Å²) in [6.45, 7) is 3.64. The minimum Gasteiger partial charge on any atom is -0.345 e. The fourth-order valence-electron chi connectivity index (χ4n) is 1.37. The predicted octanol–water partition coefficient (Wildman–Crippen LogP) is 0.960. The van der Waals surface area contributed by atoms with Crippen LogP contribution in [-0.4, -0.2) is 29.0 Å². The number of nitrogens with one attached hydrogen (secondary N) is 2. The van der Waals surface area contributed by atoms with Gasteiger partial charge in [0.2, 0.25) is 0 Å². The molecule has 0 radical (unpaired) electrons. The number of benzene rings is 1. The summed E-state index contributed by atoms with van der Waals surface area (Å²) >= 11 is 0. The van der Waals surface area contributed by atoms with Crippen LogP contribution < -0.4 is 10.7 Å². The SMILES string of the molecule is CC[C@H](C)NC(=O)C(=O)N/N=C\c1ccccc1[N+](=O)[O-]. The van der Waals surface area contributed by atoms with Gasteiger partial charge in [0.15, 0.2) is 0 Å². The van der Waals surface area contributed by atoms with Crippen LogP contribution >= 0.6 is 0 Å². The van der Waals surface area contributed by atoms with Gasteiger partial charge in [0.05, 0.1) is 16.7 Å². The Bertz CT molecular complexity index is 571. The van der Waals surface area contributed by atoms with E-state index in [0.717, 1.165) is 6.21 Å². The van der Waals surface area contributed by atoms with E-state index < -0.39 is 16.7 Å². The van der Waals surface area contributed by atoms with Crippen LogP contribution in [-0.2, 0) is 9.59 Å². The molecular weight excluding hydrogens is 276 g/mol. The number of hydrogen-bond donors (Lipinski definition) is 2. The van der Waals surface area contributed by atoms with E-state index in [0.29, 0.717) is 6.42 Å². The van der Waals surface area contributed by atoms with E-state index in [2.05, 4.69) is 10.4 Å². The van der Waals surface area contributed by atoms with Crippen molar-refractivity contribution in [1.82, 2.24) is 10.7 Å². The standard InChI is InChI=1S/C13H16N4O4/c1-3-9(2)15-12(18)13(19)16-14-8-10-6-4-5-7-11(10)17(20)21/h4-9H,3H2,1-2H3,(H,15,18)(H,16,19)/b14-8-/t9-/m0/s1. The Morgan fingerprint density at radius 3 is 2.67 bits per heavy atom. The largest absolute Gasteiger partial charge is 0.345 e. The average molecular weight is 292 g/mol. The number of hydrogen-bond acceptors (Lipinski definition) is 5. The summed E-state index contributed by atoms with van der Waals surface area (Å²) in [5, 5.41) is 16.8. The maximum absolute atomic E-state index is 11.4. The molecule has 1 rings (SSSR count). The van der Waals surface area contributed by atoms with Crippen LogP contribution in [0.4, 0.5) is 5.69 Å². The van der Waals surface area contributed by atoms with Crippen molar-refractivity contribution >= 4 is 23.7 Å². The molecular formula is C13H16N4O4. The summed E-state index contributed by atoms with van der Waals surface area (Å²) in [6, 6.07) is 5.80. The highest BCUT2D eigenvalue weighted by atomic mass is 16.6. The lowest BCUT2D eigenvalue weighted by Gasteiger charge is -2.09. The first-order valence-corrected chi connectivity index (χ1v) is 6.33. The minimum absolute atomic E-state index is 0.123. The summed E-state index contributed by atoms with van der Waals surface area (Å²) in [7, 11) is 0. The van der Waals surface area contributed by atoms with E-state index in [9.17, 15) is 19.7 Å². The number of amides is 2. The highest BCUT2D eigenvalue weighted by Gasteiger charge is 2.15. The molecule has 0 bridgehead atoms. The van der Waals surface area contributed by atoms with Gasteiger partial charge in [-0.3, -0.25) is 19.7 Å². The number of rotatable bonds is 5. The second-order valence-corrected chi connectivity index (χ2v) is 4.30. The van der Waals surface area contributed by atoms with Crippen LogP contribution in [0.3, 0.4) is 0 Å². The third-order valence-electron chi connectivity index (χ3n) is 2.70. The molecule has 0 unspecified atom stereocenters. The van der Waals surface area contributed by atoms with E-state index in [1.165, 1.54) is 18.2 Å². The summed E-state index contributed by atoms with van der Waals surface area (Å²) in [6.07, 6.45) is 1.81. The zero-order valence-corrected chi connectivity index (χ0v) is 11.7. The van der Waals surface area contributed by atoms with Crippen molar-refractivity contribution in [3.05, 3.63) is 39.9 Å². The molecule has 0 aliphatic carbocycles. The molecule has 0 aliphatic rings. The lowest BCUT2D eigenvalue weighted by Crippen LogP contribution is -2.41. The number of hydrazone groups is 1. The van der Waals surface area contributed by atoms with Crippen molar-refractivity contribution in [3.8, 4) is 0 Å². The molecule has 21 heavy (non-hydrogen) atoms. The molecule has 0 aromatic heterocycles. The van der Waals surface area contributed by atoms with Crippen LogP contribution in [0.2, 0.25) is 0 Å². The van der Waals surface area contributed by atoms with Gasteiger partial charge in [-0.25, -0.2) is 5.43 Å². The zero-order chi connectivity index (χ0) is 15.8. The Morgan fingerprint density at radius 2 is 2.05 bits per heavy atom. The second kappa shape index (κ2) is 7.73. The molecule has 0 aliphatic heterocycles. The molecule has 0 heterocycles. The van der Waals surface area contributed by atoms with Crippen molar-refractivity contribution in [2.24, 2.45) is 5.10 Å². The van der Waals surface area contributed by atoms with E-state index in [4.69, 9.17) is 0 Å². The molecule has 1 aromatic rings. The number of nitro benzene ring substituents is 1. The van der Waals surface area contributed by atoms with Gasteiger partial charge < -0.3 is 5.32 Å². The third kappa shape index (κ3) is 5.01. The Morgan fingerprint density at radius 1 is 1.38 bits per heavy atom. The van der Waals surface area contributed by atoms with Gasteiger partial charge in [-0.2, -0.15) is 5.10 Å². The summed E-state index contributed by atoms with van der Waals surface area (Å²) in [5.74, 6) is -1.73. The Labute approximate surface area is 121 Å². The molecule has 0 saturated heterocycles. The Balaban J connectivity index is 2.65. The highest BCUT2D eigenvalue weighted by Crippen LogP contribution is 2.14. The Hall–Kier alpha value is -2.77. The maximum atomic E-state index is 11.4. The first-order chi connectivity index (χ1) is 9.95. The van der Waals surface area contributed by atoms with Crippen LogP contribution in [0.15, 0.2) is 29.4 Å². The third-order valence-corrected chi connectivity index (χ3v) is 2.70. The van der Waals surface area contributed by atoms with Crippen molar-refractivity contribution in [2.75, 3.05) is 0 Å². The van der Waals surface area contributed by atoms with E-state index in [-0.39, 0.29) is 17.3 Å². The maximum Gasteiger partial charge on any atom is 0.329 e. The van der Waals surface area contributed by atoms with Gasteiger partial charge in [-0.1, -0.05) is 19.1 Å². The zero-order valence-electron chi connectivity index (χ0n) is 11.7. The summed E-state index contributed by atoms with van der Waals surface area (Å²) in [4.78, 5) is 33.1. The van der Waals surface area contributed by atoms with Crippen molar-refractivity contribution in [3.63, 3.8) is 0 Å². The molecule has 2 N–H and O–H groups in total. The number of para-hydroxylation sites is 1. The Kier molecular flexibility index (Phi) is 5.99. The number of nitro groups is 1. The van der Waals surface area contributed by atoms with Crippen molar-refractivity contribution < 1.29 is 14.5 Å². The monoisotopic (exact) mass is 292 g/mol. The molecule has 1 atom stereocenters. The van der Waals surface area contributed by atoms with Gasteiger partial charge >= 0.3 is 11.8 Å². The normalized spacial score (nSPS) is 11.9. The van der Waals surface area contributed by atoms with Crippen LogP contribution in [0, 0.1) is 10.1 Å². The lowest BCUT2D eigenvalue weighted by atomic mass is 10.2. The smallest absolute Gasteiger partial charge is 0.329 e. The fraction of sp³-hybridized carbons (Fsp3) is 0.308. The van der Waals surface area contributed by atoms with Crippen LogP contribution in [0.1, 0.15) is 25.8 Å². The molecule has 2 amide bonds. The minimum atomic E-state index is -0.926. The predicted molar refractivity (Wildman–Crippen MR) is 76.7 cm³/mol. The summed E-state index contributed by atoms with van der Waals surface area (Å²) in [5.41, 5.74) is 2.11. The van der Waals surface area contributed by atoms with Crippen molar-refractivity contribution in [2.45, 2.75) is 26.3 Å². The van der Waals surface area contributed by atoms with E-state index in [1.54, 1.807) is 13.0 Å². The van der Waals surface area contributed by atoms with Crippen molar-refractivity contribution in [1.29, 1.82) is 0 Å². The molecule has 0 saturated carbocycles. The van der Waals surface area contributed by atoms with Gasteiger partial charge in [-0.05, 0) is 19.4 Å². The van der Waals surface area contributed by atoms with E-state index in [1.807, 2.05) is 12.3 Å². The van der Waals surface area contributed by atoms with Gasteiger partial charge in [-0.15, -0.1) is 0 Å². The number of carbonyl (C=O) groups is 2. The highest BCUT2D eigenvalue weighted by molar-refractivity contribution is 6.35. The van der Waals surface area contributed by atoms with Gasteiger partial charge in [0.25, 0.3) is 5.69 Å². The molecule has 0 spiro atoms. The van der Waals surface area contributed by atoms with Crippen LogP contribution in [0.25, 0.3) is 0 Å². The first-order valence-electron chi connectivity index (χ1n) is 6.33. The molecule has 8 nitrogen and oxygen atoms in total. The second-order valence-electron chi connectivity index (χ2n) is 4.30. The summed E-state index contributed by atoms with van der Waals surface area (Å²) < 4.78 is 0. The van der Waals surface area contributed by atoms with Gasteiger partial charge in [0.1, 0.15) is 0 Å². The topological polar surface area (TPSA) is 114 Å². The number of nitrogens with zero attached hydrogens (tertiary/aromatic N) is 2. The lowest BCUT2D eigenvalue weighted by molar-refractivity contribution is -0.385.